The average Bonchev–Trinajstić information content (AvgIpc) is 3.27. The standard InChI is InChI=1S/C28H40O.CH4O/c1-18(29-4)19-8-10-20(11-9-19)26-16-21-6-5-7-23(21)25-13-12-22-17-28(2,3)15-14-24(22)27(25)26;1-2/h8-11,18,21-23,25-26H,5-7,12-17H2,1-4H3;2H,1H3. The molecule has 1 aromatic rings. The molecule has 3 fully saturated rings. The SMILES string of the molecule is CO.COC(C)c1ccc(C2CC3CCCC3C3CCC4CC(C)(C)CCC4=C23)cc1. The van der Waals surface area contributed by atoms with Crippen LogP contribution in [0.5, 0.6) is 0 Å². The quantitative estimate of drug-likeness (QED) is 0.511. The average molecular weight is 425 g/mol. The smallest absolute Gasteiger partial charge is 0.0793 e. The first-order valence-electron chi connectivity index (χ1n) is 12.8. The molecule has 6 unspecified atom stereocenters. The number of hydrogen-bond donors (Lipinski definition) is 1. The number of ether oxygens (including phenoxy) is 1. The fourth-order valence-corrected chi connectivity index (χ4v) is 7.70. The Morgan fingerprint density at radius 2 is 1.77 bits per heavy atom. The van der Waals surface area contributed by atoms with Gasteiger partial charge in [-0.25, -0.2) is 0 Å². The monoisotopic (exact) mass is 424 g/mol. The maximum atomic E-state index is 7.00. The Kier molecular flexibility index (Phi) is 6.99. The van der Waals surface area contributed by atoms with Crippen LogP contribution < -0.4 is 0 Å². The van der Waals surface area contributed by atoms with E-state index < -0.39 is 0 Å². The maximum absolute atomic E-state index is 7.00. The Morgan fingerprint density at radius 1 is 1.03 bits per heavy atom. The van der Waals surface area contributed by atoms with Gasteiger partial charge in [-0.1, -0.05) is 62.1 Å². The van der Waals surface area contributed by atoms with Crippen molar-refractivity contribution in [3.8, 4) is 0 Å². The van der Waals surface area contributed by atoms with Gasteiger partial charge in [0, 0.05) is 20.1 Å². The van der Waals surface area contributed by atoms with Crippen LogP contribution in [0.4, 0.5) is 0 Å². The topological polar surface area (TPSA) is 29.5 Å². The van der Waals surface area contributed by atoms with E-state index in [4.69, 9.17) is 9.84 Å². The zero-order chi connectivity index (χ0) is 22.2. The van der Waals surface area contributed by atoms with E-state index in [0.29, 0.717) is 11.3 Å². The van der Waals surface area contributed by atoms with E-state index in [9.17, 15) is 0 Å². The highest BCUT2D eigenvalue weighted by Gasteiger charge is 2.48. The van der Waals surface area contributed by atoms with Gasteiger partial charge in [0.25, 0.3) is 0 Å². The van der Waals surface area contributed by atoms with Crippen LogP contribution in [0.2, 0.25) is 0 Å². The van der Waals surface area contributed by atoms with Gasteiger partial charge < -0.3 is 9.84 Å². The van der Waals surface area contributed by atoms with Crippen LogP contribution in [0, 0.1) is 29.1 Å². The highest BCUT2D eigenvalue weighted by Crippen LogP contribution is 2.60. The van der Waals surface area contributed by atoms with Crippen LogP contribution >= 0.6 is 0 Å². The van der Waals surface area contributed by atoms with E-state index in [1.807, 2.05) is 18.3 Å². The molecular formula is C29H44O2. The third kappa shape index (κ3) is 4.40. The zero-order valence-electron chi connectivity index (χ0n) is 20.5. The van der Waals surface area contributed by atoms with Crippen molar-refractivity contribution in [1.29, 1.82) is 0 Å². The van der Waals surface area contributed by atoms with Gasteiger partial charge in [-0.3, -0.25) is 0 Å². The molecule has 3 saturated carbocycles. The minimum Gasteiger partial charge on any atom is -0.400 e. The lowest BCUT2D eigenvalue weighted by atomic mass is 9.55. The lowest BCUT2D eigenvalue weighted by Crippen LogP contribution is -2.38. The summed E-state index contributed by atoms with van der Waals surface area (Å²) in [5.74, 6) is 4.43. The molecule has 0 aliphatic heterocycles. The summed E-state index contributed by atoms with van der Waals surface area (Å²) in [5.41, 5.74) is 7.29. The highest BCUT2D eigenvalue weighted by molar-refractivity contribution is 5.40. The molecule has 0 amide bonds. The number of benzene rings is 1. The molecule has 2 nitrogen and oxygen atoms in total. The molecule has 0 saturated heterocycles. The van der Waals surface area contributed by atoms with Gasteiger partial charge in [0.15, 0.2) is 0 Å². The Labute approximate surface area is 190 Å². The molecule has 172 valence electrons. The summed E-state index contributed by atoms with van der Waals surface area (Å²) in [6.07, 6.45) is 13.2. The van der Waals surface area contributed by atoms with Gasteiger partial charge in [-0.2, -0.15) is 0 Å². The highest BCUT2D eigenvalue weighted by atomic mass is 16.5. The van der Waals surface area contributed by atoms with Crippen LogP contribution in [-0.2, 0) is 4.74 Å². The lowest BCUT2D eigenvalue weighted by Gasteiger charge is -2.50. The largest absolute Gasteiger partial charge is 0.400 e. The van der Waals surface area contributed by atoms with Crippen LogP contribution in [0.15, 0.2) is 35.4 Å². The number of hydrogen-bond acceptors (Lipinski definition) is 2. The second-order valence-corrected chi connectivity index (χ2v) is 11.4. The van der Waals surface area contributed by atoms with Gasteiger partial charge in [0.2, 0.25) is 0 Å². The van der Waals surface area contributed by atoms with Crippen LogP contribution in [0.3, 0.4) is 0 Å². The Hall–Kier alpha value is -1.12. The van der Waals surface area contributed by atoms with Crippen LogP contribution in [-0.4, -0.2) is 19.3 Å². The number of aliphatic hydroxyl groups excluding tert-OH is 1. The van der Waals surface area contributed by atoms with Crippen molar-refractivity contribution in [3.05, 3.63) is 46.5 Å². The summed E-state index contributed by atoms with van der Waals surface area (Å²) < 4.78 is 5.55. The predicted octanol–water partition coefficient (Wildman–Crippen LogP) is 7.44. The van der Waals surface area contributed by atoms with Gasteiger partial charge in [0.05, 0.1) is 6.10 Å². The van der Waals surface area contributed by atoms with Crippen molar-refractivity contribution in [1.82, 2.24) is 0 Å². The first kappa shape index (κ1) is 23.1. The second-order valence-electron chi connectivity index (χ2n) is 11.4. The zero-order valence-corrected chi connectivity index (χ0v) is 20.5. The fraction of sp³-hybridized carbons (Fsp3) is 0.724. The normalized spacial score (nSPS) is 34.7. The number of fused-ring (bicyclic) bond motifs is 4. The predicted molar refractivity (Wildman–Crippen MR) is 129 cm³/mol. The molecule has 31 heavy (non-hydrogen) atoms. The lowest BCUT2D eigenvalue weighted by molar-refractivity contribution is 0.119. The molecule has 5 rings (SSSR count). The van der Waals surface area contributed by atoms with Crippen molar-refractivity contribution >= 4 is 0 Å². The fourth-order valence-electron chi connectivity index (χ4n) is 7.70. The summed E-state index contributed by atoms with van der Waals surface area (Å²) in [7, 11) is 2.81. The third-order valence-corrected chi connectivity index (χ3v) is 9.27. The van der Waals surface area contributed by atoms with Crippen LogP contribution in [0.1, 0.15) is 102 Å². The van der Waals surface area contributed by atoms with Gasteiger partial charge in [0.1, 0.15) is 0 Å². The minimum atomic E-state index is 0.184. The minimum absolute atomic E-state index is 0.184. The summed E-state index contributed by atoms with van der Waals surface area (Å²) in [5, 5.41) is 7.00. The van der Waals surface area contributed by atoms with Gasteiger partial charge in [-0.05, 0) is 92.1 Å². The van der Waals surface area contributed by atoms with Crippen molar-refractivity contribution in [3.63, 3.8) is 0 Å². The molecule has 1 aromatic carbocycles. The molecular weight excluding hydrogens is 380 g/mol. The van der Waals surface area contributed by atoms with Gasteiger partial charge >= 0.3 is 0 Å². The molecule has 2 heteroatoms. The van der Waals surface area contributed by atoms with Crippen molar-refractivity contribution in [2.24, 2.45) is 29.1 Å². The summed E-state index contributed by atoms with van der Waals surface area (Å²) in [6.45, 7) is 7.15. The molecule has 0 heterocycles. The van der Waals surface area contributed by atoms with Crippen molar-refractivity contribution in [2.45, 2.75) is 90.6 Å². The third-order valence-electron chi connectivity index (χ3n) is 9.27. The number of methoxy groups -OCH3 is 1. The van der Waals surface area contributed by atoms with Gasteiger partial charge in [-0.15, -0.1) is 0 Å². The maximum Gasteiger partial charge on any atom is 0.0793 e. The van der Waals surface area contributed by atoms with E-state index in [2.05, 4.69) is 45.0 Å². The molecule has 4 aliphatic rings. The second kappa shape index (κ2) is 9.40. The van der Waals surface area contributed by atoms with Crippen LogP contribution in [0.25, 0.3) is 0 Å². The van der Waals surface area contributed by atoms with E-state index in [0.717, 1.165) is 30.8 Å². The van der Waals surface area contributed by atoms with E-state index in [1.165, 1.54) is 63.4 Å². The number of rotatable bonds is 3. The van der Waals surface area contributed by atoms with E-state index >= 15 is 0 Å². The van der Waals surface area contributed by atoms with Crippen molar-refractivity contribution in [2.75, 3.05) is 14.2 Å². The number of allylic oxidation sites excluding steroid dienone is 2. The Morgan fingerprint density at radius 3 is 2.48 bits per heavy atom. The molecule has 0 bridgehead atoms. The summed E-state index contributed by atoms with van der Waals surface area (Å²) in [4.78, 5) is 0. The number of aliphatic hydroxyl groups is 1. The summed E-state index contributed by atoms with van der Waals surface area (Å²) in [6, 6.07) is 9.53. The molecule has 6 atom stereocenters. The molecule has 0 aromatic heterocycles. The first-order chi connectivity index (χ1) is 15.0. The van der Waals surface area contributed by atoms with E-state index in [1.54, 1.807) is 5.56 Å². The Balaban J connectivity index is 0.00000112. The molecule has 0 spiro atoms. The summed E-state index contributed by atoms with van der Waals surface area (Å²) >= 11 is 0. The Bertz CT molecular complexity index is 774. The first-order valence-corrected chi connectivity index (χ1v) is 12.8. The molecule has 1 N–H and O–H groups in total. The molecule has 0 radical (unpaired) electrons. The molecule has 4 aliphatic carbocycles. The van der Waals surface area contributed by atoms with Crippen molar-refractivity contribution < 1.29 is 9.84 Å². The van der Waals surface area contributed by atoms with E-state index in [-0.39, 0.29) is 6.10 Å².